The minimum atomic E-state index is -0.862. The number of nitrogens with one attached hydrogen (secondary N) is 2. The van der Waals surface area contributed by atoms with E-state index >= 15 is 0 Å². The van der Waals surface area contributed by atoms with Gasteiger partial charge in [-0.3, -0.25) is 4.79 Å². The van der Waals surface area contributed by atoms with Gasteiger partial charge in [-0.1, -0.05) is 30.8 Å². The topological polar surface area (TPSA) is 91.0 Å². The first kappa shape index (κ1) is 24.0. The third-order valence-electron chi connectivity index (χ3n) is 6.23. The van der Waals surface area contributed by atoms with Crippen molar-refractivity contribution in [3.63, 3.8) is 0 Å². The van der Waals surface area contributed by atoms with Gasteiger partial charge < -0.3 is 19.8 Å². The lowest BCUT2D eigenvalue weighted by molar-refractivity contribution is -0.136. The molecule has 0 amide bonds. The third kappa shape index (κ3) is 4.86. The van der Waals surface area contributed by atoms with E-state index in [1.165, 1.54) is 24.3 Å². The quantitative estimate of drug-likeness (QED) is 0.214. The van der Waals surface area contributed by atoms with E-state index in [4.69, 9.17) is 9.84 Å². The summed E-state index contributed by atoms with van der Waals surface area (Å²) in [5.74, 6) is -1.32. The van der Waals surface area contributed by atoms with Gasteiger partial charge in [0.2, 0.25) is 0 Å². The molecule has 0 fully saturated rings. The van der Waals surface area contributed by atoms with E-state index in [0.29, 0.717) is 28.8 Å². The number of carboxylic acids is 1. The molecule has 2 heterocycles. The summed E-state index contributed by atoms with van der Waals surface area (Å²) in [5, 5.41) is 9.77. The molecule has 8 heteroatoms. The molecule has 37 heavy (non-hydrogen) atoms. The van der Waals surface area contributed by atoms with Crippen molar-refractivity contribution in [3.05, 3.63) is 108 Å². The maximum absolute atomic E-state index is 14.8. The number of halogens is 2. The number of nitrogens with zero attached hydrogens (tertiary/aromatic N) is 1. The summed E-state index contributed by atoms with van der Waals surface area (Å²) in [6.07, 6.45) is 3.72. The van der Waals surface area contributed by atoms with Crippen molar-refractivity contribution in [1.82, 2.24) is 15.0 Å². The lowest BCUT2D eigenvalue weighted by Crippen LogP contribution is -1.98. The average Bonchev–Trinajstić information content (AvgIpc) is 3.56. The monoisotopic (exact) mass is 499 g/mol. The van der Waals surface area contributed by atoms with Gasteiger partial charge in [-0.05, 0) is 54.3 Å². The highest BCUT2D eigenvalue weighted by atomic mass is 19.1. The van der Waals surface area contributed by atoms with Crippen molar-refractivity contribution in [3.8, 4) is 22.9 Å². The second-order valence-corrected chi connectivity index (χ2v) is 8.71. The fourth-order valence-corrected chi connectivity index (χ4v) is 4.25. The van der Waals surface area contributed by atoms with E-state index in [9.17, 15) is 13.6 Å². The van der Waals surface area contributed by atoms with Crippen LogP contribution in [0.15, 0.2) is 73.6 Å². The van der Waals surface area contributed by atoms with Crippen molar-refractivity contribution >= 4 is 22.4 Å². The van der Waals surface area contributed by atoms with E-state index < -0.39 is 17.6 Å². The molecule has 0 atom stereocenters. The fourth-order valence-electron chi connectivity index (χ4n) is 4.25. The van der Waals surface area contributed by atoms with Gasteiger partial charge >= 0.3 is 5.97 Å². The Hall–Kier alpha value is -4.72. The summed E-state index contributed by atoms with van der Waals surface area (Å²) in [5.41, 5.74) is 4.32. The number of hydrogen-bond donors (Lipinski definition) is 3. The molecule has 2 aromatic heterocycles. The molecule has 186 valence electrons. The van der Waals surface area contributed by atoms with Crippen LogP contribution in [0, 0.1) is 18.6 Å². The number of aromatic nitrogens is 3. The van der Waals surface area contributed by atoms with Crippen LogP contribution in [0.5, 0.6) is 11.5 Å². The zero-order valence-corrected chi connectivity index (χ0v) is 19.9. The molecule has 3 aromatic carbocycles. The Morgan fingerprint density at radius 3 is 2.76 bits per heavy atom. The largest absolute Gasteiger partial charge is 0.481 e. The number of aromatic amines is 2. The third-order valence-corrected chi connectivity index (χ3v) is 6.23. The number of imidazole rings is 1. The van der Waals surface area contributed by atoms with Crippen LogP contribution >= 0.6 is 0 Å². The normalized spacial score (nSPS) is 11.1. The van der Waals surface area contributed by atoms with Gasteiger partial charge in [-0.25, -0.2) is 13.8 Å². The van der Waals surface area contributed by atoms with Crippen molar-refractivity contribution in [2.75, 3.05) is 0 Å². The maximum atomic E-state index is 14.8. The molecular formula is C29H23F2N3O3. The van der Waals surface area contributed by atoms with Gasteiger partial charge in [-0.2, -0.15) is 0 Å². The summed E-state index contributed by atoms with van der Waals surface area (Å²) >= 11 is 0. The number of ether oxygens (including phenoxy) is 1. The summed E-state index contributed by atoms with van der Waals surface area (Å²) < 4.78 is 35.4. The number of aryl methyl sites for hydroxylation is 2. The molecule has 0 spiro atoms. The highest BCUT2D eigenvalue weighted by molar-refractivity contribution is 5.85. The highest BCUT2D eigenvalue weighted by Gasteiger charge is 2.17. The number of carboxylic acid groups (broad SMARTS) is 1. The van der Waals surface area contributed by atoms with E-state index in [1.807, 2.05) is 30.3 Å². The number of hydrogen-bond acceptors (Lipinski definition) is 3. The zero-order valence-electron chi connectivity index (χ0n) is 19.9. The summed E-state index contributed by atoms with van der Waals surface area (Å²) in [6, 6.07) is 14.8. The molecule has 3 N–H and O–H groups in total. The molecule has 0 aliphatic heterocycles. The minimum Gasteiger partial charge on any atom is -0.481 e. The number of aliphatic carboxylic acids is 1. The first-order valence-corrected chi connectivity index (χ1v) is 11.6. The van der Waals surface area contributed by atoms with E-state index in [-0.39, 0.29) is 29.3 Å². The SMILES string of the molecule is C=C(c1cccc(CCC(=O)O)c1)c1cnc(-c2cc(Oc3c(F)cc4[nH]ccc4c3C)ccc2F)[nH]1. The molecule has 0 aliphatic rings. The second-order valence-electron chi connectivity index (χ2n) is 8.71. The van der Waals surface area contributed by atoms with E-state index in [2.05, 4.69) is 21.5 Å². The van der Waals surface area contributed by atoms with Gasteiger partial charge in [-0.15, -0.1) is 0 Å². The lowest BCUT2D eigenvalue weighted by atomic mass is 10.0. The van der Waals surface area contributed by atoms with E-state index in [0.717, 1.165) is 16.5 Å². The van der Waals surface area contributed by atoms with Crippen LogP contribution in [0.2, 0.25) is 0 Å². The molecule has 5 aromatic rings. The van der Waals surface area contributed by atoms with E-state index in [1.54, 1.807) is 19.3 Å². The van der Waals surface area contributed by atoms with Crippen molar-refractivity contribution in [1.29, 1.82) is 0 Å². The smallest absolute Gasteiger partial charge is 0.303 e. The Labute approximate surface area is 211 Å². The predicted molar refractivity (Wildman–Crippen MR) is 138 cm³/mol. The van der Waals surface area contributed by atoms with Crippen molar-refractivity contribution < 1.29 is 23.4 Å². The summed E-state index contributed by atoms with van der Waals surface area (Å²) in [6.45, 7) is 5.89. The van der Waals surface area contributed by atoms with Crippen LogP contribution in [0.1, 0.15) is 28.8 Å². The summed E-state index contributed by atoms with van der Waals surface area (Å²) in [4.78, 5) is 21.3. The number of fused-ring (bicyclic) bond motifs is 1. The van der Waals surface area contributed by atoms with Gasteiger partial charge in [0.25, 0.3) is 0 Å². The average molecular weight is 500 g/mol. The summed E-state index contributed by atoms with van der Waals surface area (Å²) in [7, 11) is 0. The predicted octanol–water partition coefficient (Wildman–Crippen LogP) is 7.02. The Balaban J connectivity index is 1.41. The number of carbonyl (C=O) groups is 1. The molecular weight excluding hydrogens is 476 g/mol. The maximum Gasteiger partial charge on any atom is 0.303 e. The number of rotatable bonds is 8. The van der Waals surface area contributed by atoms with Gasteiger partial charge in [0.15, 0.2) is 11.6 Å². The molecule has 0 unspecified atom stereocenters. The van der Waals surface area contributed by atoms with Gasteiger partial charge in [0, 0.05) is 35.2 Å². The first-order chi connectivity index (χ1) is 17.8. The molecule has 0 radical (unpaired) electrons. The fraction of sp³-hybridized carbons (Fsp3) is 0.103. The zero-order chi connectivity index (χ0) is 26.1. The molecule has 0 saturated heterocycles. The minimum absolute atomic E-state index is 0.0320. The Kier molecular flexibility index (Phi) is 6.31. The molecule has 0 aliphatic carbocycles. The second kappa shape index (κ2) is 9.73. The number of H-pyrrole nitrogens is 2. The highest BCUT2D eigenvalue weighted by Crippen LogP contribution is 2.35. The van der Waals surface area contributed by atoms with Crippen LogP contribution < -0.4 is 4.74 Å². The van der Waals surface area contributed by atoms with Gasteiger partial charge in [0.05, 0.1) is 17.5 Å². The molecule has 0 saturated carbocycles. The van der Waals surface area contributed by atoms with Crippen molar-refractivity contribution in [2.24, 2.45) is 0 Å². The molecule has 6 nitrogen and oxygen atoms in total. The molecule has 5 rings (SSSR count). The van der Waals surface area contributed by atoms with Crippen molar-refractivity contribution in [2.45, 2.75) is 19.8 Å². The standard InChI is InChI=1S/C29H23F2N3O3/c1-16(19-5-3-4-18(12-19)6-9-27(35)36)26-15-33-29(34-26)22-13-20(7-8-23(22)30)37-28-17(2)21-10-11-32-25(21)14-24(28)31/h3-5,7-8,10-15,32H,1,6,9H2,2H3,(H,33,34)(H,35,36). The van der Waals surface area contributed by atoms with Crippen LogP contribution in [0.25, 0.3) is 27.9 Å². The Morgan fingerprint density at radius 2 is 1.95 bits per heavy atom. The Morgan fingerprint density at radius 1 is 1.11 bits per heavy atom. The van der Waals surface area contributed by atoms with Crippen LogP contribution in [0.4, 0.5) is 8.78 Å². The Bertz CT molecular complexity index is 1650. The number of benzene rings is 3. The van der Waals surface area contributed by atoms with Crippen LogP contribution in [-0.2, 0) is 11.2 Å². The lowest BCUT2D eigenvalue weighted by Gasteiger charge is -2.12. The van der Waals surface area contributed by atoms with Crippen LogP contribution in [-0.4, -0.2) is 26.0 Å². The van der Waals surface area contributed by atoms with Crippen LogP contribution in [0.3, 0.4) is 0 Å². The molecule has 0 bridgehead atoms. The first-order valence-electron chi connectivity index (χ1n) is 11.6. The van der Waals surface area contributed by atoms with Gasteiger partial charge in [0.1, 0.15) is 17.4 Å².